The molecular formula is C14H17ClN2O2S. The Balaban J connectivity index is 2.32. The van der Waals surface area contributed by atoms with Crippen LogP contribution >= 0.6 is 22.9 Å². The number of halogens is 1. The number of amides is 1. The van der Waals surface area contributed by atoms with Crippen LogP contribution in [0, 0.1) is 5.92 Å². The average molecular weight is 313 g/mol. The first kappa shape index (κ1) is 15.1. The van der Waals surface area contributed by atoms with Crippen molar-refractivity contribution in [3.63, 3.8) is 0 Å². The topological polar surface area (TPSA) is 75.3 Å². The molecular weight excluding hydrogens is 296 g/mol. The van der Waals surface area contributed by atoms with E-state index in [2.05, 4.69) is 5.32 Å². The number of hydrogen-bond donors (Lipinski definition) is 3. The number of benzene rings is 1. The van der Waals surface area contributed by atoms with Crippen molar-refractivity contribution in [3.8, 4) is 0 Å². The quantitative estimate of drug-likeness (QED) is 0.812. The average Bonchev–Trinajstić information content (AvgIpc) is 2.76. The molecule has 2 atom stereocenters. The number of nitrogen functional groups attached to an aromatic ring is 1. The first-order valence-electron chi connectivity index (χ1n) is 6.34. The number of carbonyl (C=O) groups excluding carboxylic acids is 1. The summed E-state index contributed by atoms with van der Waals surface area (Å²) >= 11 is 7.44. The summed E-state index contributed by atoms with van der Waals surface area (Å²) in [7, 11) is 0. The summed E-state index contributed by atoms with van der Waals surface area (Å²) in [5.41, 5.74) is 6.45. The fourth-order valence-electron chi connectivity index (χ4n) is 1.87. The van der Waals surface area contributed by atoms with Crippen LogP contribution < -0.4 is 11.1 Å². The molecule has 0 radical (unpaired) electrons. The third kappa shape index (κ3) is 2.75. The predicted octanol–water partition coefficient (Wildman–Crippen LogP) is 2.88. The minimum atomic E-state index is -0.229. The van der Waals surface area contributed by atoms with Crippen LogP contribution in [0.25, 0.3) is 10.1 Å². The van der Waals surface area contributed by atoms with Crippen LogP contribution in [0.4, 0.5) is 5.69 Å². The molecule has 4 N–H and O–H groups in total. The minimum Gasteiger partial charge on any atom is -0.397 e. The lowest BCUT2D eigenvalue weighted by atomic mass is 10.1. The Kier molecular flexibility index (Phi) is 4.52. The van der Waals surface area contributed by atoms with Gasteiger partial charge in [0.05, 0.1) is 10.7 Å². The molecule has 2 unspecified atom stereocenters. The number of aliphatic hydroxyl groups is 1. The zero-order valence-corrected chi connectivity index (χ0v) is 12.9. The molecule has 1 aromatic carbocycles. The fraction of sp³-hybridized carbons (Fsp3) is 0.357. The van der Waals surface area contributed by atoms with Gasteiger partial charge in [-0.15, -0.1) is 11.3 Å². The van der Waals surface area contributed by atoms with Gasteiger partial charge in [0.2, 0.25) is 0 Å². The van der Waals surface area contributed by atoms with E-state index in [1.165, 1.54) is 11.3 Å². The Morgan fingerprint density at radius 2 is 2.20 bits per heavy atom. The van der Waals surface area contributed by atoms with E-state index in [1.54, 1.807) is 6.07 Å². The molecule has 0 aliphatic heterocycles. The van der Waals surface area contributed by atoms with Crippen molar-refractivity contribution in [1.82, 2.24) is 5.32 Å². The lowest BCUT2D eigenvalue weighted by Crippen LogP contribution is -2.38. The highest BCUT2D eigenvalue weighted by atomic mass is 35.5. The highest BCUT2D eigenvalue weighted by Crippen LogP contribution is 2.37. The Bertz CT molecular complexity index is 641. The molecule has 0 aliphatic rings. The second kappa shape index (κ2) is 5.99. The number of hydrogen-bond acceptors (Lipinski definition) is 4. The normalized spacial score (nSPS) is 14.2. The molecule has 0 fully saturated rings. The molecule has 2 aromatic rings. The first-order valence-corrected chi connectivity index (χ1v) is 7.53. The molecule has 6 heteroatoms. The van der Waals surface area contributed by atoms with Crippen LogP contribution in [0.2, 0.25) is 5.02 Å². The summed E-state index contributed by atoms with van der Waals surface area (Å²) in [5.74, 6) is -0.245. The third-order valence-electron chi connectivity index (χ3n) is 3.41. The van der Waals surface area contributed by atoms with Gasteiger partial charge < -0.3 is 16.2 Å². The van der Waals surface area contributed by atoms with E-state index < -0.39 is 0 Å². The second-order valence-corrected chi connectivity index (χ2v) is 6.34. The smallest absolute Gasteiger partial charge is 0.263 e. The maximum atomic E-state index is 12.3. The van der Waals surface area contributed by atoms with Crippen molar-refractivity contribution in [2.45, 2.75) is 19.9 Å². The number of rotatable bonds is 4. The van der Waals surface area contributed by atoms with E-state index in [-0.39, 0.29) is 24.5 Å². The number of aliphatic hydroxyl groups excluding tert-OH is 1. The van der Waals surface area contributed by atoms with E-state index in [0.717, 1.165) is 10.1 Å². The Morgan fingerprint density at radius 3 is 2.80 bits per heavy atom. The summed E-state index contributed by atoms with van der Waals surface area (Å²) < 4.78 is 0.892. The van der Waals surface area contributed by atoms with Crippen molar-refractivity contribution in [3.05, 3.63) is 28.1 Å². The molecule has 0 saturated heterocycles. The SMILES string of the molecule is CC(CO)C(C)NC(=O)c1sc2cccc(Cl)c2c1N. The summed E-state index contributed by atoms with van der Waals surface area (Å²) in [4.78, 5) is 12.7. The highest BCUT2D eigenvalue weighted by Gasteiger charge is 2.21. The summed E-state index contributed by atoms with van der Waals surface area (Å²) in [6.45, 7) is 3.75. The van der Waals surface area contributed by atoms with Crippen LogP contribution in [0.1, 0.15) is 23.5 Å². The zero-order chi connectivity index (χ0) is 14.9. The maximum Gasteiger partial charge on any atom is 0.263 e. The van der Waals surface area contributed by atoms with E-state index in [4.69, 9.17) is 22.4 Å². The van der Waals surface area contributed by atoms with Crippen molar-refractivity contribution >= 4 is 44.6 Å². The van der Waals surface area contributed by atoms with Crippen molar-refractivity contribution in [2.75, 3.05) is 12.3 Å². The third-order valence-corrected chi connectivity index (χ3v) is 4.89. The van der Waals surface area contributed by atoms with Gasteiger partial charge in [-0.2, -0.15) is 0 Å². The number of thiophene rings is 1. The highest BCUT2D eigenvalue weighted by molar-refractivity contribution is 7.21. The molecule has 1 amide bonds. The predicted molar refractivity (Wildman–Crippen MR) is 84.4 cm³/mol. The van der Waals surface area contributed by atoms with Gasteiger partial charge in [0.15, 0.2) is 0 Å². The van der Waals surface area contributed by atoms with Crippen LogP contribution in [0.5, 0.6) is 0 Å². The molecule has 0 bridgehead atoms. The number of fused-ring (bicyclic) bond motifs is 1. The van der Waals surface area contributed by atoms with Gasteiger partial charge in [-0.3, -0.25) is 4.79 Å². The lowest BCUT2D eigenvalue weighted by Gasteiger charge is -2.18. The molecule has 0 spiro atoms. The zero-order valence-electron chi connectivity index (χ0n) is 11.3. The van der Waals surface area contributed by atoms with Crippen LogP contribution in [-0.4, -0.2) is 23.7 Å². The fourth-order valence-corrected chi connectivity index (χ4v) is 3.26. The number of nitrogens with one attached hydrogen (secondary N) is 1. The monoisotopic (exact) mass is 312 g/mol. The Hall–Kier alpha value is -1.30. The first-order chi connectivity index (χ1) is 9.45. The molecule has 1 heterocycles. The molecule has 0 saturated carbocycles. The van der Waals surface area contributed by atoms with Gasteiger partial charge in [-0.25, -0.2) is 0 Å². The van der Waals surface area contributed by atoms with E-state index >= 15 is 0 Å². The molecule has 2 rings (SSSR count). The van der Waals surface area contributed by atoms with Crippen molar-refractivity contribution in [2.24, 2.45) is 5.92 Å². The van der Waals surface area contributed by atoms with Gasteiger partial charge >= 0.3 is 0 Å². The van der Waals surface area contributed by atoms with Crippen LogP contribution in [0.3, 0.4) is 0 Å². The molecule has 108 valence electrons. The second-order valence-electron chi connectivity index (χ2n) is 4.88. The van der Waals surface area contributed by atoms with E-state index in [1.807, 2.05) is 26.0 Å². The molecule has 4 nitrogen and oxygen atoms in total. The van der Waals surface area contributed by atoms with Crippen molar-refractivity contribution in [1.29, 1.82) is 0 Å². The molecule has 0 aliphatic carbocycles. The van der Waals surface area contributed by atoms with Crippen molar-refractivity contribution < 1.29 is 9.90 Å². The van der Waals surface area contributed by atoms with Gasteiger partial charge in [0, 0.05) is 22.7 Å². The van der Waals surface area contributed by atoms with Crippen LogP contribution in [0.15, 0.2) is 18.2 Å². The van der Waals surface area contributed by atoms with E-state index in [0.29, 0.717) is 15.6 Å². The number of anilines is 1. The van der Waals surface area contributed by atoms with Gasteiger partial charge in [0.25, 0.3) is 5.91 Å². The van der Waals surface area contributed by atoms with Gasteiger partial charge in [0.1, 0.15) is 4.88 Å². The Labute approximate surface area is 126 Å². The standard InChI is InChI=1S/C14H17ClN2O2S/c1-7(6-18)8(2)17-14(19)13-12(16)11-9(15)4-3-5-10(11)20-13/h3-5,7-8,18H,6,16H2,1-2H3,(H,17,19). The maximum absolute atomic E-state index is 12.3. The number of carbonyl (C=O) groups is 1. The van der Waals surface area contributed by atoms with E-state index in [9.17, 15) is 4.79 Å². The summed E-state index contributed by atoms with van der Waals surface area (Å²) in [6.07, 6.45) is 0. The largest absolute Gasteiger partial charge is 0.397 e. The number of nitrogens with two attached hydrogens (primary N) is 1. The lowest BCUT2D eigenvalue weighted by molar-refractivity contribution is 0.0921. The van der Waals surface area contributed by atoms with Gasteiger partial charge in [-0.05, 0) is 25.0 Å². The van der Waals surface area contributed by atoms with Crippen LogP contribution in [-0.2, 0) is 0 Å². The summed E-state index contributed by atoms with van der Waals surface area (Å²) in [6, 6.07) is 5.34. The minimum absolute atomic E-state index is 0.0156. The molecule has 1 aromatic heterocycles. The molecule has 20 heavy (non-hydrogen) atoms. The van der Waals surface area contributed by atoms with Gasteiger partial charge in [-0.1, -0.05) is 24.6 Å². The Morgan fingerprint density at radius 1 is 1.50 bits per heavy atom. The summed E-state index contributed by atoms with van der Waals surface area (Å²) in [5, 5.41) is 13.2.